The van der Waals surface area contributed by atoms with Gasteiger partial charge in [-0.2, -0.15) is 0 Å². The monoisotopic (exact) mass is 300 g/mol. The largest absolute Gasteiger partial charge is 0.494 e. The maximum Gasteiger partial charge on any atom is 0.119 e. The molecule has 0 bridgehead atoms. The van der Waals surface area contributed by atoms with Crippen molar-refractivity contribution >= 4 is 0 Å². The van der Waals surface area contributed by atoms with Crippen LogP contribution in [0.4, 0.5) is 0 Å². The zero-order valence-electron chi connectivity index (χ0n) is 13.1. The number of hydrogen-bond donors (Lipinski definition) is 1. The van der Waals surface area contributed by atoms with E-state index >= 15 is 0 Å². The van der Waals surface area contributed by atoms with Gasteiger partial charge in [0.25, 0.3) is 0 Å². The van der Waals surface area contributed by atoms with Gasteiger partial charge in [-0.25, -0.2) is 0 Å². The summed E-state index contributed by atoms with van der Waals surface area (Å²) in [7, 11) is 0. The minimum absolute atomic E-state index is 0.184. The summed E-state index contributed by atoms with van der Waals surface area (Å²) in [5.41, 5.74) is 3.68. The Morgan fingerprint density at radius 1 is 0.773 bits per heavy atom. The molecule has 0 aliphatic heterocycles. The first-order chi connectivity index (χ1) is 10.8. The second-order valence-electron chi connectivity index (χ2n) is 5.28. The average molecular weight is 300 g/mol. The van der Waals surface area contributed by atoms with Gasteiger partial charge < -0.3 is 14.6 Å². The molecule has 0 saturated carbocycles. The van der Waals surface area contributed by atoms with Gasteiger partial charge in [0.2, 0.25) is 0 Å². The second-order valence-corrected chi connectivity index (χ2v) is 5.28. The highest BCUT2D eigenvalue weighted by Crippen LogP contribution is 2.22. The summed E-state index contributed by atoms with van der Waals surface area (Å²) in [6, 6.07) is 16.7. The minimum Gasteiger partial charge on any atom is -0.494 e. The summed E-state index contributed by atoms with van der Waals surface area (Å²) in [5, 5.41) is 8.63. The quantitative estimate of drug-likeness (QED) is 0.715. The van der Waals surface area contributed by atoms with E-state index in [2.05, 4.69) is 43.3 Å². The van der Waals surface area contributed by atoms with Crippen molar-refractivity contribution < 1.29 is 14.6 Å². The molecule has 0 aliphatic carbocycles. The molecular formula is C19H24O3. The summed E-state index contributed by atoms with van der Waals surface area (Å²) in [4.78, 5) is 0. The molecule has 2 rings (SSSR count). The van der Waals surface area contributed by atoms with E-state index in [-0.39, 0.29) is 6.61 Å². The van der Waals surface area contributed by atoms with Crippen LogP contribution in [-0.2, 0) is 4.74 Å². The molecule has 0 unspecified atom stereocenters. The van der Waals surface area contributed by atoms with Crippen LogP contribution in [0.5, 0.6) is 5.75 Å². The number of aliphatic hydroxyl groups is 1. The Morgan fingerprint density at radius 3 is 2.00 bits per heavy atom. The van der Waals surface area contributed by atoms with Crippen molar-refractivity contribution in [1.29, 1.82) is 0 Å². The van der Waals surface area contributed by atoms with Crippen LogP contribution in [0.1, 0.15) is 18.4 Å². The molecule has 2 aromatic carbocycles. The summed E-state index contributed by atoms with van der Waals surface area (Å²) >= 11 is 0. The molecule has 0 saturated heterocycles. The summed E-state index contributed by atoms with van der Waals surface area (Å²) in [5.74, 6) is 0.881. The van der Waals surface area contributed by atoms with Crippen molar-refractivity contribution in [2.45, 2.75) is 19.8 Å². The molecule has 118 valence electrons. The Kier molecular flexibility index (Phi) is 6.94. The van der Waals surface area contributed by atoms with Gasteiger partial charge in [-0.3, -0.25) is 0 Å². The molecule has 0 amide bonds. The van der Waals surface area contributed by atoms with Crippen molar-refractivity contribution in [2.24, 2.45) is 0 Å². The van der Waals surface area contributed by atoms with Crippen LogP contribution in [0.15, 0.2) is 48.5 Å². The zero-order chi connectivity index (χ0) is 15.6. The van der Waals surface area contributed by atoms with Crippen LogP contribution < -0.4 is 4.74 Å². The highest BCUT2D eigenvalue weighted by atomic mass is 16.5. The molecule has 1 N–H and O–H groups in total. The smallest absolute Gasteiger partial charge is 0.119 e. The van der Waals surface area contributed by atoms with Crippen molar-refractivity contribution in [3.63, 3.8) is 0 Å². The fraction of sp³-hybridized carbons (Fsp3) is 0.368. The predicted octanol–water partition coefficient (Wildman–Crippen LogP) is 3.83. The van der Waals surface area contributed by atoms with Gasteiger partial charge >= 0.3 is 0 Å². The topological polar surface area (TPSA) is 38.7 Å². The van der Waals surface area contributed by atoms with Crippen LogP contribution in [0.2, 0.25) is 0 Å². The Balaban J connectivity index is 1.74. The van der Waals surface area contributed by atoms with Gasteiger partial charge in [0, 0.05) is 26.2 Å². The second kappa shape index (κ2) is 9.23. The average Bonchev–Trinajstić information content (AvgIpc) is 2.55. The third kappa shape index (κ3) is 5.51. The first-order valence-corrected chi connectivity index (χ1v) is 7.78. The van der Waals surface area contributed by atoms with Gasteiger partial charge in [0.15, 0.2) is 0 Å². The van der Waals surface area contributed by atoms with Crippen molar-refractivity contribution in [2.75, 3.05) is 26.4 Å². The number of aryl methyl sites for hydroxylation is 1. The zero-order valence-corrected chi connectivity index (χ0v) is 13.1. The Morgan fingerprint density at radius 2 is 1.36 bits per heavy atom. The lowest BCUT2D eigenvalue weighted by atomic mass is 10.0. The Labute approximate surface area is 132 Å². The van der Waals surface area contributed by atoms with E-state index in [4.69, 9.17) is 14.6 Å². The molecule has 0 fully saturated rings. The van der Waals surface area contributed by atoms with Crippen LogP contribution in [0.25, 0.3) is 11.1 Å². The highest BCUT2D eigenvalue weighted by Gasteiger charge is 1.99. The van der Waals surface area contributed by atoms with Crippen LogP contribution in [0, 0.1) is 6.92 Å². The number of rotatable bonds is 9. The number of aliphatic hydroxyl groups excluding tert-OH is 1. The summed E-state index contributed by atoms with van der Waals surface area (Å²) in [6.07, 6.45) is 1.55. The fourth-order valence-corrected chi connectivity index (χ4v) is 2.11. The number of benzene rings is 2. The van der Waals surface area contributed by atoms with E-state index in [0.29, 0.717) is 26.2 Å². The van der Waals surface area contributed by atoms with Crippen molar-refractivity contribution in [3.05, 3.63) is 54.1 Å². The molecule has 22 heavy (non-hydrogen) atoms. The molecule has 0 aromatic heterocycles. The van der Waals surface area contributed by atoms with Gasteiger partial charge in [0.05, 0.1) is 6.61 Å². The molecular weight excluding hydrogens is 276 g/mol. The van der Waals surface area contributed by atoms with E-state index in [1.54, 1.807) is 0 Å². The van der Waals surface area contributed by atoms with E-state index in [0.717, 1.165) is 12.2 Å². The van der Waals surface area contributed by atoms with Gasteiger partial charge in [0.1, 0.15) is 5.75 Å². The summed E-state index contributed by atoms with van der Waals surface area (Å²) in [6.45, 7) is 4.20. The first-order valence-electron chi connectivity index (χ1n) is 7.78. The van der Waals surface area contributed by atoms with Crippen LogP contribution in [-0.4, -0.2) is 31.5 Å². The lowest BCUT2D eigenvalue weighted by Crippen LogP contribution is -2.04. The third-order valence-corrected chi connectivity index (χ3v) is 3.39. The van der Waals surface area contributed by atoms with Crippen LogP contribution in [0.3, 0.4) is 0 Å². The molecule has 0 spiro atoms. The SMILES string of the molecule is Cc1ccc(-c2ccc(OCCCOCCCO)cc2)cc1. The standard InChI is InChI=1S/C19H24O3/c1-16-4-6-17(7-5-16)18-8-10-19(11-9-18)22-15-3-14-21-13-2-12-20/h4-11,20H,2-3,12-15H2,1H3. The molecule has 3 heteroatoms. The van der Waals surface area contributed by atoms with Crippen molar-refractivity contribution in [3.8, 4) is 16.9 Å². The van der Waals surface area contributed by atoms with Gasteiger partial charge in [-0.05, 0) is 36.6 Å². The van der Waals surface area contributed by atoms with Gasteiger partial charge in [-0.1, -0.05) is 42.0 Å². The normalized spacial score (nSPS) is 10.6. The van der Waals surface area contributed by atoms with E-state index in [9.17, 15) is 0 Å². The fourth-order valence-electron chi connectivity index (χ4n) is 2.11. The molecule has 0 atom stereocenters. The number of hydrogen-bond acceptors (Lipinski definition) is 3. The van der Waals surface area contributed by atoms with E-state index in [1.807, 2.05) is 12.1 Å². The van der Waals surface area contributed by atoms with Gasteiger partial charge in [-0.15, -0.1) is 0 Å². The maximum atomic E-state index is 8.63. The molecule has 2 aromatic rings. The Hall–Kier alpha value is -1.84. The highest BCUT2D eigenvalue weighted by molar-refractivity contribution is 5.64. The lowest BCUT2D eigenvalue weighted by Gasteiger charge is -2.08. The summed E-state index contributed by atoms with van der Waals surface area (Å²) < 4.78 is 11.1. The third-order valence-electron chi connectivity index (χ3n) is 3.39. The minimum atomic E-state index is 0.184. The molecule has 0 heterocycles. The number of ether oxygens (including phenoxy) is 2. The van der Waals surface area contributed by atoms with Crippen LogP contribution >= 0.6 is 0 Å². The molecule has 0 radical (unpaired) electrons. The van der Waals surface area contributed by atoms with Crippen molar-refractivity contribution in [1.82, 2.24) is 0 Å². The predicted molar refractivity (Wildman–Crippen MR) is 89.2 cm³/mol. The molecule has 3 nitrogen and oxygen atoms in total. The first kappa shape index (κ1) is 16.5. The van der Waals surface area contributed by atoms with E-state index < -0.39 is 0 Å². The van der Waals surface area contributed by atoms with E-state index in [1.165, 1.54) is 16.7 Å². The Bertz CT molecular complexity index is 532. The maximum absolute atomic E-state index is 8.63. The molecule has 0 aliphatic rings. The lowest BCUT2D eigenvalue weighted by molar-refractivity contribution is 0.104.